The number of halogens is 1. The van der Waals surface area contributed by atoms with Crippen LogP contribution in [0.3, 0.4) is 0 Å². The van der Waals surface area contributed by atoms with Crippen molar-refractivity contribution in [3.8, 4) is 0 Å². The van der Waals surface area contributed by atoms with E-state index in [2.05, 4.69) is 30.6 Å². The zero-order chi connectivity index (χ0) is 15.9. The summed E-state index contributed by atoms with van der Waals surface area (Å²) in [4.78, 5) is 16.4. The first-order valence-corrected chi connectivity index (χ1v) is 8.64. The van der Waals surface area contributed by atoms with E-state index in [9.17, 15) is 13.2 Å². The normalized spacial score (nSPS) is 11.7. The van der Waals surface area contributed by atoms with Crippen molar-refractivity contribution < 1.29 is 8.42 Å². The van der Waals surface area contributed by atoms with Crippen molar-refractivity contribution in [3.05, 3.63) is 56.9 Å². The molecular formula is C14H12BrN3O3S. The summed E-state index contributed by atoms with van der Waals surface area (Å²) < 4.78 is 28.3. The number of aryl methyl sites for hydroxylation is 1. The number of nitrogens with one attached hydrogen (secondary N) is 3. The smallest absolute Gasteiger partial charge is 0.306 e. The van der Waals surface area contributed by atoms with E-state index in [0.29, 0.717) is 16.7 Å². The largest absolute Gasteiger partial charge is 0.323 e. The number of hydrogen-bond acceptors (Lipinski definition) is 3. The van der Waals surface area contributed by atoms with Crippen molar-refractivity contribution in [1.82, 2.24) is 9.97 Å². The van der Waals surface area contributed by atoms with Crippen LogP contribution in [-0.2, 0) is 10.0 Å². The van der Waals surface area contributed by atoms with Crippen molar-refractivity contribution in [2.75, 3.05) is 4.72 Å². The molecule has 8 heteroatoms. The molecule has 2 aromatic carbocycles. The third kappa shape index (κ3) is 2.79. The second-order valence-electron chi connectivity index (χ2n) is 4.86. The molecule has 3 N–H and O–H groups in total. The van der Waals surface area contributed by atoms with Crippen LogP contribution in [0.15, 0.2) is 50.6 Å². The van der Waals surface area contributed by atoms with Crippen LogP contribution in [-0.4, -0.2) is 18.4 Å². The quantitative estimate of drug-likeness (QED) is 0.650. The Morgan fingerprint density at radius 2 is 1.77 bits per heavy atom. The molecule has 0 bridgehead atoms. The lowest BCUT2D eigenvalue weighted by Crippen LogP contribution is -2.13. The Labute approximate surface area is 134 Å². The molecule has 3 rings (SSSR count). The van der Waals surface area contributed by atoms with Gasteiger partial charge in [-0.3, -0.25) is 4.72 Å². The fourth-order valence-electron chi connectivity index (χ4n) is 2.10. The molecule has 114 valence electrons. The van der Waals surface area contributed by atoms with Gasteiger partial charge in [-0.15, -0.1) is 0 Å². The molecule has 0 saturated heterocycles. The molecule has 0 spiro atoms. The molecule has 3 aromatic rings. The van der Waals surface area contributed by atoms with Gasteiger partial charge in [-0.25, -0.2) is 13.2 Å². The maximum Gasteiger partial charge on any atom is 0.323 e. The number of anilines is 1. The number of aromatic amines is 2. The Hall–Kier alpha value is -2.06. The highest BCUT2D eigenvalue weighted by Gasteiger charge is 2.15. The van der Waals surface area contributed by atoms with E-state index in [1.165, 1.54) is 12.1 Å². The number of hydrogen-bond donors (Lipinski definition) is 3. The Morgan fingerprint density at radius 3 is 2.50 bits per heavy atom. The third-order valence-corrected chi connectivity index (χ3v) is 5.48. The minimum Gasteiger partial charge on any atom is -0.306 e. The topological polar surface area (TPSA) is 94.8 Å². The van der Waals surface area contributed by atoms with Crippen LogP contribution in [0.2, 0.25) is 0 Å². The van der Waals surface area contributed by atoms with Crippen LogP contribution in [0.25, 0.3) is 11.0 Å². The molecule has 6 nitrogen and oxygen atoms in total. The average molecular weight is 382 g/mol. The molecule has 0 radical (unpaired) electrons. The van der Waals surface area contributed by atoms with Crippen LogP contribution in [0.1, 0.15) is 5.56 Å². The highest BCUT2D eigenvalue weighted by atomic mass is 79.9. The van der Waals surface area contributed by atoms with Gasteiger partial charge in [0, 0.05) is 10.2 Å². The van der Waals surface area contributed by atoms with Crippen LogP contribution in [0, 0.1) is 6.92 Å². The molecule has 0 aliphatic rings. The molecule has 0 fully saturated rings. The van der Waals surface area contributed by atoms with E-state index in [1.54, 1.807) is 24.3 Å². The number of aromatic nitrogens is 2. The summed E-state index contributed by atoms with van der Waals surface area (Å²) in [5.74, 6) is 0. The minimum absolute atomic E-state index is 0.0795. The summed E-state index contributed by atoms with van der Waals surface area (Å²) in [5, 5.41) is 0. The van der Waals surface area contributed by atoms with Crippen molar-refractivity contribution in [2.24, 2.45) is 0 Å². The lowest BCUT2D eigenvalue weighted by Gasteiger charge is -2.09. The fourth-order valence-corrected chi connectivity index (χ4v) is 3.42. The molecule has 0 saturated carbocycles. The number of benzene rings is 2. The zero-order valence-corrected chi connectivity index (χ0v) is 13.9. The first-order valence-electron chi connectivity index (χ1n) is 6.36. The molecule has 22 heavy (non-hydrogen) atoms. The zero-order valence-electron chi connectivity index (χ0n) is 11.5. The molecule has 0 unspecified atom stereocenters. The van der Waals surface area contributed by atoms with Crippen LogP contribution < -0.4 is 10.4 Å². The summed E-state index contributed by atoms with van der Waals surface area (Å²) in [5.41, 5.74) is 2.03. The Balaban J connectivity index is 1.99. The predicted octanol–water partition coefficient (Wildman–Crippen LogP) is 2.73. The maximum absolute atomic E-state index is 12.4. The molecule has 0 aliphatic carbocycles. The highest BCUT2D eigenvalue weighted by molar-refractivity contribution is 9.10. The standard InChI is InChI=1S/C14H12BrN3O3S/c1-8-6-9(2-4-11(8)15)18-22(20,21)10-3-5-12-13(7-10)17-14(19)16-12/h2-7,18H,1H3,(H2,16,17,19). The lowest BCUT2D eigenvalue weighted by atomic mass is 10.2. The van der Waals surface area contributed by atoms with Crippen LogP contribution >= 0.6 is 15.9 Å². The first-order chi connectivity index (χ1) is 10.3. The van der Waals surface area contributed by atoms with Gasteiger partial charge in [0.05, 0.1) is 15.9 Å². The van der Waals surface area contributed by atoms with Gasteiger partial charge >= 0.3 is 5.69 Å². The molecule has 0 atom stereocenters. The summed E-state index contributed by atoms with van der Waals surface area (Å²) in [7, 11) is -3.73. The van der Waals surface area contributed by atoms with Crippen molar-refractivity contribution in [2.45, 2.75) is 11.8 Å². The summed E-state index contributed by atoms with van der Waals surface area (Å²) in [6, 6.07) is 9.60. The number of fused-ring (bicyclic) bond motifs is 1. The maximum atomic E-state index is 12.4. The average Bonchev–Trinajstić information content (AvgIpc) is 2.81. The summed E-state index contributed by atoms with van der Waals surface area (Å²) >= 11 is 3.37. The van der Waals surface area contributed by atoms with Gasteiger partial charge in [0.15, 0.2) is 0 Å². The Morgan fingerprint density at radius 1 is 1.05 bits per heavy atom. The van der Waals surface area contributed by atoms with Crippen molar-refractivity contribution in [1.29, 1.82) is 0 Å². The first kappa shape index (κ1) is 14.9. The van der Waals surface area contributed by atoms with E-state index in [0.717, 1.165) is 10.0 Å². The highest BCUT2D eigenvalue weighted by Crippen LogP contribution is 2.23. The molecule has 0 aliphatic heterocycles. The fraction of sp³-hybridized carbons (Fsp3) is 0.0714. The van der Waals surface area contributed by atoms with Gasteiger partial charge in [0.25, 0.3) is 10.0 Å². The second kappa shape index (κ2) is 5.29. The number of sulfonamides is 1. The molecular weight excluding hydrogens is 370 g/mol. The van der Waals surface area contributed by atoms with E-state index in [-0.39, 0.29) is 10.6 Å². The number of imidazole rings is 1. The number of H-pyrrole nitrogens is 2. The monoisotopic (exact) mass is 381 g/mol. The van der Waals surface area contributed by atoms with E-state index < -0.39 is 10.0 Å². The van der Waals surface area contributed by atoms with Crippen LogP contribution in [0.5, 0.6) is 0 Å². The van der Waals surface area contributed by atoms with E-state index >= 15 is 0 Å². The SMILES string of the molecule is Cc1cc(NS(=O)(=O)c2ccc3[nH]c(=O)[nH]c3c2)ccc1Br. The Kier molecular flexibility index (Phi) is 3.57. The van der Waals surface area contributed by atoms with E-state index in [4.69, 9.17) is 0 Å². The lowest BCUT2D eigenvalue weighted by molar-refractivity contribution is 0.601. The predicted molar refractivity (Wildman–Crippen MR) is 88.6 cm³/mol. The second-order valence-corrected chi connectivity index (χ2v) is 7.39. The van der Waals surface area contributed by atoms with Gasteiger partial charge in [-0.1, -0.05) is 15.9 Å². The van der Waals surface area contributed by atoms with E-state index in [1.807, 2.05) is 6.92 Å². The number of rotatable bonds is 3. The van der Waals surface area contributed by atoms with Gasteiger partial charge < -0.3 is 9.97 Å². The van der Waals surface area contributed by atoms with Crippen LogP contribution in [0.4, 0.5) is 5.69 Å². The molecule has 1 aromatic heterocycles. The van der Waals surface area contributed by atoms with Crippen molar-refractivity contribution in [3.63, 3.8) is 0 Å². The van der Waals surface area contributed by atoms with Gasteiger partial charge in [-0.2, -0.15) is 0 Å². The summed E-state index contributed by atoms with van der Waals surface area (Å²) in [6.07, 6.45) is 0. The molecule has 1 heterocycles. The third-order valence-electron chi connectivity index (χ3n) is 3.21. The van der Waals surface area contributed by atoms with Gasteiger partial charge in [0.2, 0.25) is 0 Å². The van der Waals surface area contributed by atoms with Crippen molar-refractivity contribution >= 4 is 42.7 Å². The molecule has 0 amide bonds. The van der Waals surface area contributed by atoms with Gasteiger partial charge in [-0.05, 0) is 48.9 Å². The minimum atomic E-state index is -3.73. The van der Waals surface area contributed by atoms with Gasteiger partial charge in [0.1, 0.15) is 0 Å². The summed E-state index contributed by atoms with van der Waals surface area (Å²) in [6.45, 7) is 1.87. The Bertz CT molecular complexity index is 1020.